The molecule has 0 saturated carbocycles. The number of carbonyl (C=O) groups is 1. The largest absolute Gasteiger partial charge is 0.439 e. The standard InChI is InChI=1S/C31H34F6N6O2/c1-5-18-11-24-6-7-25(18)43(24)41-28-21(8-20(13-38-28)26-15(2)39-40-16(26)3)14-42-17(4)27(45-29(42)44)19-9-22(30(32,33)34)12-23(10-19)31(35,36)37/h8-10,12-13,17-18,24-25,27H,5-7,11,14H2,1-4H3,(H,38,41)(H,39,40)/t17-,18?,24?,25?,27-/m0/s1. The summed E-state index contributed by atoms with van der Waals surface area (Å²) in [6, 6.07) is 2.97. The van der Waals surface area contributed by atoms with E-state index in [0.717, 1.165) is 48.2 Å². The van der Waals surface area contributed by atoms with Gasteiger partial charge in [0.15, 0.2) is 0 Å². The fourth-order valence-electron chi connectivity index (χ4n) is 7.18. The van der Waals surface area contributed by atoms with Gasteiger partial charge in [-0.15, -0.1) is 0 Å². The van der Waals surface area contributed by atoms with E-state index in [1.54, 1.807) is 13.1 Å². The first-order valence-corrected chi connectivity index (χ1v) is 15.0. The number of H-pyrrole nitrogens is 1. The van der Waals surface area contributed by atoms with E-state index in [9.17, 15) is 31.1 Å². The van der Waals surface area contributed by atoms with Gasteiger partial charge >= 0.3 is 18.4 Å². The molecular weight excluding hydrogens is 602 g/mol. The van der Waals surface area contributed by atoms with Crippen molar-refractivity contribution < 1.29 is 35.9 Å². The highest BCUT2D eigenvalue weighted by Gasteiger charge is 2.47. The van der Waals surface area contributed by atoms with Crippen LogP contribution in [-0.2, 0) is 23.6 Å². The summed E-state index contributed by atoms with van der Waals surface area (Å²) in [7, 11) is 0. The number of anilines is 1. The molecule has 3 aromatic rings. The van der Waals surface area contributed by atoms with Gasteiger partial charge in [0.2, 0.25) is 0 Å². The lowest BCUT2D eigenvalue weighted by molar-refractivity contribution is -0.143. The summed E-state index contributed by atoms with van der Waals surface area (Å²) in [6.07, 6.45) is -6.28. The molecule has 5 atom stereocenters. The number of aromatic nitrogens is 3. The van der Waals surface area contributed by atoms with Gasteiger partial charge in [-0.1, -0.05) is 13.3 Å². The number of halogens is 6. The van der Waals surface area contributed by atoms with Crippen LogP contribution < -0.4 is 5.43 Å². The smallest absolute Gasteiger partial charge is 0.416 e. The normalized spacial score (nSPS) is 25.3. The number of hydrogen-bond acceptors (Lipinski definition) is 6. The average molecular weight is 637 g/mol. The van der Waals surface area contributed by atoms with Crippen LogP contribution in [0.15, 0.2) is 30.5 Å². The van der Waals surface area contributed by atoms with E-state index in [1.807, 2.05) is 19.9 Å². The van der Waals surface area contributed by atoms with Gasteiger partial charge in [-0.2, -0.15) is 31.4 Å². The Morgan fingerprint density at radius 1 is 1.04 bits per heavy atom. The molecule has 2 bridgehead atoms. The molecule has 45 heavy (non-hydrogen) atoms. The Bertz CT molecular complexity index is 1550. The lowest BCUT2D eigenvalue weighted by Crippen LogP contribution is -2.37. The zero-order chi connectivity index (χ0) is 32.4. The van der Waals surface area contributed by atoms with Gasteiger partial charge in [-0.3, -0.25) is 10.00 Å². The fourth-order valence-corrected chi connectivity index (χ4v) is 7.18. The maximum Gasteiger partial charge on any atom is 0.416 e. The number of rotatable bonds is 7. The number of aromatic amines is 1. The minimum Gasteiger partial charge on any atom is -0.439 e. The zero-order valence-corrected chi connectivity index (χ0v) is 25.2. The molecule has 2 N–H and O–H groups in total. The highest BCUT2D eigenvalue weighted by Crippen LogP contribution is 2.44. The van der Waals surface area contributed by atoms with E-state index in [4.69, 9.17) is 9.72 Å². The van der Waals surface area contributed by atoms with Crippen molar-refractivity contribution in [3.8, 4) is 11.1 Å². The second-order valence-electron chi connectivity index (χ2n) is 12.3. The molecule has 3 aliphatic heterocycles. The van der Waals surface area contributed by atoms with Gasteiger partial charge in [0.05, 0.1) is 29.4 Å². The first-order valence-electron chi connectivity index (χ1n) is 15.0. The lowest BCUT2D eigenvalue weighted by Gasteiger charge is -2.28. The highest BCUT2D eigenvalue weighted by atomic mass is 19.4. The molecule has 0 spiro atoms. The van der Waals surface area contributed by atoms with E-state index in [-0.39, 0.29) is 18.2 Å². The highest BCUT2D eigenvalue weighted by molar-refractivity contribution is 5.73. The van der Waals surface area contributed by atoms with Crippen LogP contribution in [0, 0.1) is 19.8 Å². The molecule has 6 rings (SSSR count). The summed E-state index contributed by atoms with van der Waals surface area (Å²) in [6.45, 7) is 7.41. The first kappa shape index (κ1) is 31.2. The van der Waals surface area contributed by atoms with Gasteiger partial charge in [-0.05, 0) is 75.8 Å². The fraction of sp³-hybridized carbons (Fsp3) is 0.516. The van der Waals surface area contributed by atoms with Crippen LogP contribution in [-0.4, -0.2) is 49.3 Å². The van der Waals surface area contributed by atoms with Crippen molar-refractivity contribution >= 4 is 11.9 Å². The van der Waals surface area contributed by atoms with Crippen LogP contribution in [0.3, 0.4) is 0 Å². The first-order chi connectivity index (χ1) is 21.2. The van der Waals surface area contributed by atoms with Crippen molar-refractivity contribution in [3.05, 3.63) is 64.1 Å². The van der Waals surface area contributed by atoms with E-state index >= 15 is 0 Å². The number of ether oxygens (including phenoxy) is 1. The second-order valence-corrected chi connectivity index (χ2v) is 12.3. The number of hydrogen-bond donors (Lipinski definition) is 2. The number of benzene rings is 1. The van der Waals surface area contributed by atoms with E-state index in [1.165, 1.54) is 4.90 Å². The number of nitrogens with one attached hydrogen (secondary N) is 2. The number of cyclic esters (lactones) is 1. The van der Waals surface area contributed by atoms with Crippen LogP contribution in [0.25, 0.3) is 11.1 Å². The topological polar surface area (TPSA) is 86.4 Å². The number of fused-ring (bicyclic) bond motifs is 2. The van der Waals surface area contributed by atoms with Crippen LogP contribution in [0.4, 0.5) is 37.0 Å². The Kier molecular flexibility index (Phi) is 7.77. The summed E-state index contributed by atoms with van der Waals surface area (Å²) in [5.41, 5.74) is 3.99. The number of nitrogens with zero attached hydrogens (tertiary/aromatic N) is 4. The number of carbonyl (C=O) groups excluding carboxylic acids is 1. The zero-order valence-electron chi connectivity index (χ0n) is 25.2. The third-order valence-corrected chi connectivity index (χ3v) is 9.48. The van der Waals surface area contributed by atoms with Crippen molar-refractivity contribution in [2.75, 3.05) is 5.43 Å². The molecule has 3 saturated heterocycles. The van der Waals surface area contributed by atoms with Crippen molar-refractivity contribution in [3.63, 3.8) is 0 Å². The second kappa shape index (κ2) is 11.2. The third kappa shape index (κ3) is 5.72. The minimum absolute atomic E-state index is 0.0406. The number of hydrazine groups is 1. The summed E-state index contributed by atoms with van der Waals surface area (Å²) in [5.74, 6) is 1.08. The quantitative estimate of drug-likeness (QED) is 0.258. The molecule has 3 aliphatic rings. The van der Waals surface area contributed by atoms with Crippen molar-refractivity contribution in [1.29, 1.82) is 0 Å². The van der Waals surface area contributed by atoms with Crippen LogP contribution in [0.2, 0.25) is 0 Å². The molecule has 14 heteroatoms. The van der Waals surface area contributed by atoms with Crippen LogP contribution in [0.5, 0.6) is 0 Å². The number of pyridine rings is 1. The van der Waals surface area contributed by atoms with Gasteiger partial charge in [-0.25, -0.2) is 14.8 Å². The molecule has 8 nitrogen and oxygen atoms in total. The Morgan fingerprint density at radius 3 is 2.31 bits per heavy atom. The van der Waals surface area contributed by atoms with Crippen LogP contribution in [0.1, 0.15) is 79.3 Å². The molecule has 3 fully saturated rings. The van der Waals surface area contributed by atoms with E-state index < -0.39 is 41.7 Å². The maximum atomic E-state index is 13.6. The molecule has 1 aromatic carbocycles. The van der Waals surface area contributed by atoms with Gasteiger partial charge < -0.3 is 10.2 Å². The van der Waals surface area contributed by atoms with E-state index in [2.05, 4.69) is 27.6 Å². The summed E-state index contributed by atoms with van der Waals surface area (Å²) < 4.78 is 86.9. The molecular formula is C31H34F6N6O2. The summed E-state index contributed by atoms with van der Waals surface area (Å²) >= 11 is 0. The summed E-state index contributed by atoms with van der Waals surface area (Å²) in [4.78, 5) is 19.3. The van der Waals surface area contributed by atoms with Crippen molar-refractivity contribution in [2.45, 2.75) is 96.5 Å². The van der Waals surface area contributed by atoms with Crippen molar-refractivity contribution in [1.82, 2.24) is 25.1 Å². The van der Waals surface area contributed by atoms with Crippen molar-refractivity contribution in [2.24, 2.45) is 5.92 Å². The Morgan fingerprint density at radius 2 is 1.73 bits per heavy atom. The minimum atomic E-state index is -5.02. The average Bonchev–Trinajstić information content (AvgIpc) is 3.71. The lowest BCUT2D eigenvalue weighted by atomic mass is 9.87. The summed E-state index contributed by atoms with van der Waals surface area (Å²) in [5, 5.41) is 9.47. The Hall–Kier alpha value is -3.81. The number of aryl methyl sites for hydroxylation is 2. The molecule has 1 amide bonds. The van der Waals surface area contributed by atoms with Crippen LogP contribution >= 0.6 is 0 Å². The molecule has 3 unspecified atom stereocenters. The predicted octanol–water partition coefficient (Wildman–Crippen LogP) is 7.80. The molecule has 0 radical (unpaired) electrons. The number of amides is 1. The number of alkyl halides is 6. The molecule has 5 heterocycles. The Balaban J connectivity index is 1.34. The van der Waals surface area contributed by atoms with Gasteiger partial charge in [0, 0.05) is 40.7 Å². The van der Waals surface area contributed by atoms with Gasteiger partial charge in [0.1, 0.15) is 11.9 Å². The third-order valence-electron chi connectivity index (χ3n) is 9.48. The molecule has 242 valence electrons. The SMILES string of the molecule is CCC1CC2CCC1N2Nc1ncc(-c2c(C)n[nH]c2C)cc1CN1C(=O)O[C@H](c2cc(C(F)(F)F)cc(C(F)(F)F)c2)[C@@H]1C. The monoisotopic (exact) mass is 636 g/mol. The Labute approximate surface area is 256 Å². The van der Waals surface area contributed by atoms with E-state index in [0.29, 0.717) is 41.5 Å². The maximum absolute atomic E-state index is 13.6. The molecule has 2 aromatic heterocycles. The molecule has 0 aliphatic carbocycles. The predicted molar refractivity (Wildman–Crippen MR) is 153 cm³/mol. The van der Waals surface area contributed by atoms with Gasteiger partial charge in [0.25, 0.3) is 0 Å².